The van der Waals surface area contributed by atoms with Gasteiger partial charge < -0.3 is 15.1 Å². The smallest absolute Gasteiger partial charge is 0.326 e. The Balaban J connectivity index is 1.94. The number of carbonyl (C=O) groups excluding carboxylic acids is 1. The Morgan fingerprint density at radius 2 is 1.95 bits per heavy atom. The van der Waals surface area contributed by atoms with Gasteiger partial charge >= 0.3 is 5.97 Å². The predicted molar refractivity (Wildman–Crippen MR) is 74.8 cm³/mol. The van der Waals surface area contributed by atoms with E-state index in [-0.39, 0.29) is 18.7 Å². The van der Waals surface area contributed by atoms with E-state index in [2.05, 4.69) is 4.98 Å². The number of aliphatic carboxylic acids is 1. The first-order chi connectivity index (χ1) is 10.1. The summed E-state index contributed by atoms with van der Waals surface area (Å²) in [5.41, 5.74) is 0.865. The Labute approximate surface area is 120 Å². The quantitative estimate of drug-likeness (QED) is 0.855. The molecule has 2 atom stereocenters. The lowest BCUT2D eigenvalue weighted by atomic mass is 10.2. The highest BCUT2D eigenvalue weighted by atomic mass is 16.4. The van der Waals surface area contributed by atoms with Crippen LogP contribution in [-0.4, -0.2) is 50.7 Å². The molecule has 0 aliphatic carbocycles. The minimum Gasteiger partial charge on any atom is -0.480 e. The topological polar surface area (TPSA) is 90.7 Å². The fourth-order valence-corrected chi connectivity index (χ4v) is 2.60. The standard InChI is InChI=1S/C15H14N2O4/c18-10-7-13(15(20)21)17(8-10)14(19)12-6-5-9-3-1-2-4-11(9)16-12/h1-6,10,13,18H,7-8H2,(H,20,21)/t10-,13-/m0/s1. The zero-order valence-corrected chi connectivity index (χ0v) is 11.1. The number of carboxylic acid groups (broad SMARTS) is 1. The maximum atomic E-state index is 12.4. The molecular weight excluding hydrogens is 272 g/mol. The number of hydrogen-bond acceptors (Lipinski definition) is 4. The molecule has 0 saturated carbocycles. The summed E-state index contributed by atoms with van der Waals surface area (Å²) in [6.07, 6.45) is -0.759. The molecule has 2 aromatic rings. The summed E-state index contributed by atoms with van der Waals surface area (Å²) in [6.45, 7) is 0.0182. The fourth-order valence-electron chi connectivity index (χ4n) is 2.60. The van der Waals surface area contributed by atoms with Gasteiger partial charge in [0.25, 0.3) is 5.91 Å². The van der Waals surface area contributed by atoms with Gasteiger partial charge in [0.05, 0.1) is 11.6 Å². The summed E-state index contributed by atoms with van der Waals surface area (Å²) in [5, 5.41) is 19.7. The van der Waals surface area contributed by atoms with E-state index in [9.17, 15) is 14.7 Å². The molecule has 0 spiro atoms. The van der Waals surface area contributed by atoms with Crippen LogP contribution in [0, 0.1) is 0 Å². The molecule has 3 rings (SSSR count). The number of nitrogens with zero attached hydrogens (tertiary/aromatic N) is 2. The molecule has 2 N–H and O–H groups in total. The molecule has 2 heterocycles. The summed E-state index contributed by atoms with van der Waals surface area (Å²) in [5.74, 6) is -1.58. The second-order valence-electron chi connectivity index (χ2n) is 5.09. The SMILES string of the molecule is O=C(O)[C@@H]1C[C@H](O)CN1C(=O)c1ccc2ccccc2n1. The Kier molecular flexibility index (Phi) is 3.31. The summed E-state index contributed by atoms with van der Waals surface area (Å²) in [4.78, 5) is 29.1. The Hall–Kier alpha value is -2.47. The third-order valence-corrected chi connectivity index (χ3v) is 3.64. The van der Waals surface area contributed by atoms with Crippen molar-refractivity contribution in [3.05, 3.63) is 42.1 Å². The Bertz CT molecular complexity index is 716. The molecule has 1 amide bonds. The number of aromatic nitrogens is 1. The molecular formula is C15H14N2O4. The molecule has 0 bridgehead atoms. The van der Waals surface area contributed by atoms with E-state index in [1.807, 2.05) is 18.2 Å². The average molecular weight is 286 g/mol. The minimum atomic E-state index is -1.11. The molecule has 1 saturated heterocycles. The number of aliphatic hydroxyl groups is 1. The number of aliphatic hydroxyl groups excluding tert-OH is 1. The number of hydrogen-bond donors (Lipinski definition) is 2. The largest absolute Gasteiger partial charge is 0.480 e. The van der Waals surface area contributed by atoms with E-state index in [4.69, 9.17) is 5.11 Å². The van der Waals surface area contributed by atoms with Crippen LogP contribution >= 0.6 is 0 Å². The van der Waals surface area contributed by atoms with Gasteiger partial charge in [-0.05, 0) is 12.1 Å². The third-order valence-electron chi connectivity index (χ3n) is 3.64. The lowest BCUT2D eigenvalue weighted by Gasteiger charge is -2.20. The van der Waals surface area contributed by atoms with Gasteiger partial charge in [-0.1, -0.05) is 24.3 Å². The van der Waals surface area contributed by atoms with Crippen molar-refractivity contribution in [2.24, 2.45) is 0 Å². The number of pyridine rings is 1. The first-order valence-corrected chi connectivity index (χ1v) is 6.64. The number of fused-ring (bicyclic) bond motifs is 1. The maximum absolute atomic E-state index is 12.4. The van der Waals surface area contributed by atoms with Crippen molar-refractivity contribution >= 4 is 22.8 Å². The monoisotopic (exact) mass is 286 g/mol. The van der Waals surface area contributed by atoms with Crippen LogP contribution in [0.25, 0.3) is 10.9 Å². The van der Waals surface area contributed by atoms with E-state index < -0.39 is 24.0 Å². The number of benzene rings is 1. The van der Waals surface area contributed by atoms with Crippen molar-refractivity contribution in [2.75, 3.05) is 6.54 Å². The highest BCUT2D eigenvalue weighted by Crippen LogP contribution is 2.21. The second-order valence-corrected chi connectivity index (χ2v) is 5.09. The fraction of sp³-hybridized carbons (Fsp3) is 0.267. The van der Waals surface area contributed by atoms with Crippen molar-refractivity contribution in [3.8, 4) is 0 Å². The molecule has 0 unspecified atom stereocenters. The van der Waals surface area contributed by atoms with Gasteiger partial charge in [0, 0.05) is 18.4 Å². The number of carboxylic acids is 1. The zero-order valence-electron chi connectivity index (χ0n) is 11.1. The maximum Gasteiger partial charge on any atom is 0.326 e. The van der Waals surface area contributed by atoms with E-state index in [0.29, 0.717) is 5.52 Å². The molecule has 1 fully saturated rings. The summed E-state index contributed by atoms with van der Waals surface area (Å²) < 4.78 is 0. The van der Waals surface area contributed by atoms with Crippen LogP contribution in [-0.2, 0) is 4.79 Å². The summed E-state index contributed by atoms with van der Waals surface area (Å²) >= 11 is 0. The van der Waals surface area contributed by atoms with Crippen molar-refractivity contribution in [3.63, 3.8) is 0 Å². The number of amides is 1. The number of para-hydroxylation sites is 1. The van der Waals surface area contributed by atoms with Gasteiger partial charge in [-0.2, -0.15) is 0 Å². The second kappa shape index (κ2) is 5.14. The van der Waals surface area contributed by atoms with E-state index >= 15 is 0 Å². The van der Waals surface area contributed by atoms with E-state index in [1.54, 1.807) is 18.2 Å². The Morgan fingerprint density at radius 1 is 1.19 bits per heavy atom. The van der Waals surface area contributed by atoms with Gasteiger partial charge in [-0.25, -0.2) is 9.78 Å². The van der Waals surface area contributed by atoms with Gasteiger partial charge in [-0.15, -0.1) is 0 Å². The molecule has 1 aromatic carbocycles. The predicted octanol–water partition coefficient (Wildman–Crippen LogP) is 0.895. The molecule has 6 nitrogen and oxygen atoms in total. The van der Waals surface area contributed by atoms with Crippen LogP contribution in [0.5, 0.6) is 0 Å². The third kappa shape index (κ3) is 2.45. The molecule has 1 aliphatic rings. The van der Waals surface area contributed by atoms with Crippen molar-refractivity contribution < 1.29 is 19.8 Å². The van der Waals surface area contributed by atoms with Crippen LogP contribution in [0.3, 0.4) is 0 Å². The Morgan fingerprint density at radius 3 is 2.71 bits per heavy atom. The lowest BCUT2D eigenvalue weighted by Crippen LogP contribution is -2.40. The summed E-state index contributed by atoms with van der Waals surface area (Å²) in [7, 11) is 0. The number of likely N-dealkylation sites (tertiary alicyclic amines) is 1. The minimum absolute atomic E-state index is 0.0182. The average Bonchev–Trinajstić information content (AvgIpc) is 2.88. The van der Waals surface area contributed by atoms with Crippen molar-refractivity contribution in [1.82, 2.24) is 9.88 Å². The zero-order chi connectivity index (χ0) is 15.0. The van der Waals surface area contributed by atoms with Gasteiger partial charge in [0.1, 0.15) is 11.7 Å². The van der Waals surface area contributed by atoms with Crippen LogP contribution in [0.2, 0.25) is 0 Å². The van der Waals surface area contributed by atoms with Crippen molar-refractivity contribution in [1.29, 1.82) is 0 Å². The van der Waals surface area contributed by atoms with Gasteiger partial charge in [-0.3, -0.25) is 4.79 Å². The van der Waals surface area contributed by atoms with Crippen LogP contribution in [0.1, 0.15) is 16.9 Å². The molecule has 21 heavy (non-hydrogen) atoms. The van der Waals surface area contributed by atoms with Crippen LogP contribution in [0.4, 0.5) is 0 Å². The molecule has 108 valence electrons. The molecule has 1 aromatic heterocycles. The van der Waals surface area contributed by atoms with Crippen molar-refractivity contribution in [2.45, 2.75) is 18.6 Å². The number of β-amino-alcohol motifs (C(OH)–C–C–N with tert-alkyl or cyclic N) is 1. The highest BCUT2D eigenvalue weighted by molar-refractivity contribution is 5.97. The first kappa shape index (κ1) is 13.5. The highest BCUT2D eigenvalue weighted by Gasteiger charge is 2.39. The molecule has 6 heteroatoms. The molecule has 1 aliphatic heterocycles. The van der Waals surface area contributed by atoms with Crippen LogP contribution < -0.4 is 0 Å². The summed E-state index contributed by atoms with van der Waals surface area (Å²) in [6, 6.07) is 9.73. The van der Waals surface area contributed by atoms with E-state index in [0.717, 1.165) is 5.39 Å². The number of carbonyl (C=O) groups is 2. The normalized spacial score (nSPS) is 21.7. The van der Waals surface area contributed by atoms with Crippen LogP contribution in [0.15, 0.2) is 36.4 Å². The lowest BCUT2D eigenvalue weighted by molar-refractivity contribution is -0.141. The van der Waals surface area contributed by atoms with Gasteiger partial charge in [0.2, 0.25) is 0 Å². The first-order valence-electron chi connectivity index (χ1n) is 6.64. The number of rotatable bonds is 2. The molecule has 0 radical (unpaired) electrons. The van der Waals surface area contributed by atoms with Gasteiger partial charge in [0.15, 0.2) is 0 Å². The van der Waals surface area contributed by atoms with E-state index in [1.165, 1.54) is 4.90 Å².